The number of hydrogen-bond acceptors (Lipinski definition) is 2. The maximum Gasteiger partial charge on any atom is 0.0511 e. The summed E-state index contributed by atoms with van der Waals surface area (Å²) in [5.41, 5.74) is 10.6. The SMILES string of the molecule is C#CC1=C(/C=C\C)CCN(c2cccc(Cc3cccc(N4CCc5ccccc5C4)c3)c2)C1. The van der Waals surface area contributed by atoms with Crippen LogP contribution in [0.1, 0.15) is 35.6 Å². The van der Waals surface area contributed by atoms with Crippen LogP contribution in [0.25, 0.3) is 0 Å². The summed E-state index contributed by atoms with van der Waals surface area (Å²) < 4.78 is 0. The van der Waals surface area contributed by atoms with Gasteiger partial charge in [0.2, 0.25) is 0 Å². The molecule has 0 aromatic heterocycles. The van der Waals surface area contributed by atoms with Crippen LogP contribution in [0, 0.1) is 12.3 Å². The van der Waals surface area contributed by atoms with Crippen LogP contribution in [0.5, 0.6) is 0 Å². The first-order valence-electron chi connectivity index (χ1n) is 12.3. The molecule has 0 fully saturated rings. The molecule has 0 saturated carbocycles. The smallest absolute Gasteiger partial charge is 0.0511 e. The molecule has 2 heterocycles. The van der Waals surface area contributed by atoms with E-state index in [9.17, 15) is 0 Å². The molecule has 0 saturated heterocycles. The van der Waals surface area contributed by atoms with E-state index in [1.54, 1.807) is 0 Å². The van der Waals surface area contributed by atoms with E-state index in [1.807, 2.05) is 0 Å². The van der Waals surface area contributed by atoms with Crippen molar-refractivity contribution in [2.45, 2.75) is 32.7 Å². The van der Waals surface area contributed by atoms with Crippen molar-refractivity contribution in [3.8, 4) is 12.3 Å². The second-order valence-electron chi connectivity index (χ2n) is 9.28. The van der Waals surface area contributed by atoms with Crippen LogP contribution in [0.15, 0.2) is 96.1 Å². The van der Waals surface area contributed by atoms with Gasteiger partial charge in [-0.25, -0.2) is 0 Å². The van der Waals surface area contributed by atoms with Crippen LogP contribution >= 0.6 is 0 Å². The van der Waals surface area contributed by atoms with Gasteiger partial charge < -0.3 is 9.80 Å². The zero-order chi connectivity index (χ0) is 23.3. The van der Waals surface area contributed by atoms with Gasteiger partial charge >= 0.3 is 0 Å². The average molecular weight is 445 g/mol. The summed E-state index contributed by atoms with van der Waals surface area (Å²) in [4.78, 5) is 4.92. The molecule has 0 unspecified atom stereocenters. The summed E-state index contributed by atoms with van der Waals surface area (Å²) in [6, 6.07) is 26.8. The molecular formula is C32H32N2. The molecule has 0 atom stereocenters. The first-order chi connectivity index (χ1) is 16.7. The second-order valence-corrected chi connectivity index (χ2v) is 9.28. The number of rotatable bonds is 5. The van der Waals surface area contributed by atoms with Crippen molar-refractivity contribution in [3.05, 3.63) is 118 Å². The predicted octanol–water partition coefficient (Wildman–Crippen LogP) is 6.56. The Labute approximate surface area is 204 Å². The molecule has 2 aliphatic rings. The lowest BCUT2D eigenvalue weighted by Crippen LogP contribution is -2.31. The molecule has 5 rings (SSSR count). The van der Waals surface area contributed by atoms with Crippen LogP contribution in [-0.4, -0.2) is 19.6 Å². The highest BCUT2D eigenvalue weighted by Gasteiger charge is 2.18. The minimum Gasteiger partial charge on any atom is -0.367 e. The Morgan fingerprint density at radius 2 is 1.44 bits per heavy atom. The van der Waals surface area contributed by atoms with Gasteiger partial charge in [0.1, 0.15) is 0 Å². The maximum atomic E-state index is 5.83. The van der Waals surface area contributed by atoms with Gasteiger partial charge in [-0.1, -0.05) is 66.6 Å². The van der Waals surface area contributed by atoms with E-state index in [0.717, 1.165) is 51.0 Å². The minimum absolute atomic E-state index is 0.811. The third kappa shape index (κ3) is 4.80. The number of anilines is 2. The van der Waals surface area contributed by atoms with Gasteiger partial charge in [0.05, 0.1) is 6.54 Å². The van der Waals surface area contributed by atoms with E-state index in [-0.39, 0.29) is 0 Å². The van der Waals surface area contributed by atoms with Crippen molar-refractivity contribution >= 4 is 11.4 Å². The monoisotopic (exact) mass is 444 g/mol. The molecule has 2 aliphatic heterocycles. The molecule has 0 aliphatic carbocycles. The lowest BCUT2D eigenvalue weighted by molar-refractivity contribution is 0.731. The maximum absolute atomic E-state index is 5.83. The molecule has 3 aromatic carbocycles. The molecule has 170 valence electrons. The highest BCUT2D eigenvalue weighted by molar-refractivity contribution is 5.56. The van der Waals surface area contributed by atoms with Crippen molar-refractivity contribution in [3.63, 3.8) is 0 Å². The van der Waals surface area contributed by atoms with Crippen molar-refractivity contribution < 1.29 is 0 Å². The summed E-state index contributed by atoms with van der Waals surface area (Å²) in [7, 11) is 0. The third-order valence-electron chi connectivity index (χ3n) is 7.02. The first-order valence-corrected chi connectivity index (χ1v) is 12.3. The molecule has 0 spiro atoms. The molecule has 2 nitrogen and oxygen atoms in total. The van der Waals surface area contributed by atoms with E-state index in [0.29, 0.717) is 0 Å². The van der Waals surface area contributed by atoms with Crippen LogP contribution < -0.4 is 9.80 Å². The van der Waals surface area contributed by atoms with Crippen molar-refractivity contribution in [1.29, 1.82) is 0 Å². The summed E-state index contributed by atoms with van der Waals surface area (Å²) in [5.74, 6) is 2.92. The number of allylic oxidation sites excluding steroid dienone is 2. The highest BCUT2D eigenvalue weighted by atomic mass is 15.1. The summed E-state index contributed by atoms with van der Waals surface area (Å²) in [6.07, 6.45) is 13.1. The second kappa shape index (κ2) is 10.1. The molecule has 0 bridgehead atoms. The Morgan fingerprint density at radius 1 is 0.794 bits per heavy atom. The number of fused-ring (bicyclic) bond motifs is 1. The van der Waals surface area contributed by atoms with Crippen LogP contribution in [0.3, 0.4) is 0 Å². The molecule has 0 radical (unpaired) electrons. The fourth-order valence-corrected chi connectivity index (χ4v) is 5.20. The summed E-state index contributed by atoms with van der Waals surface area (Å²) >= 11 is 0. The van der Waals surface area contributed by atoms with Gasteiger partial charge in [0, 0.05) is 36.6 Å². The lowest BCUT2D eigenvalue weighted by Gasteiger charge is -2.31. The van der Waals surface area contributed by atoms with Crippen LogP contribution in [0.2, 0.25) is 0 Å². The zero-order valence-electron chi connectivity index (χ0n) is 20.0. The highest BCUT2D eigenvalue weighted by Crippen LogP contribution is 2.28. The Bertz CT molecular complexity index is 1270. The van der Waals surface area contributed by atoms with Crippen molar-refractivity contribution in [2.24, 2.45) is 0 Å². The summed E-state index contributed by atoms with van der Waals surface area (Å²) in [6.45, 7) is 5.93. The van der Waals surface area contributed by atoms with E-state index in [2.05, 4.69) is 108 Å². The van der Waals surface area contributed by atoms with Crippen molar-refractivity contribution in [1.82, 2.24) is 0 Å². The van der Waals surface area contributed by atoms with E-state index in [1.165, 1.54) is 39.2 Å². The Morgan fingerprint density at radius 3 is 2.12 bits per heavy atom. The minimum atomic E-state index is 0.811. The Kier molecular flexibility index (Phi) is 6.54. The fourth-order valence-electron chi connectivity index (χ4n) is 5.20. The fraction of sp³-hybridized carbons (Fsp3) is 0.250. The van der Waals surface area contributed by atoms with E-state index < -0.39 is 0 Å². The standard InChI is InChI=1S/C32H32N2/c1-3-9-28-16-18-33(23-27(28)4-2)31-14-7-10-25(21-31)20-26-11-8-15-32(22-26)34-19-17-29-12-5-6-13-30(29)24-34/h2-3,5-15,21-22H,16-20,23-24H2,1H3/b9-3-. The lowest BCUT2D eigenvalue weighted by atomic mass is 9.98. The van der Waals surface area contributed by atoms with Gasteiger partial charge in [0.15, 0.2) is 0 Å². The molecule has 0 N–H and O–H groups in total. The Balaban J connectivity index is 1.31. The van der Waals surface area contributed by atoms with Gasteiger partial charge in [-0.05, 0) is 78.3 Å². The number of terminal acetylenes is 1. The van der Waals surface area contributed by atoms with Gasteiger partial charge in [-0.2, -0.15) is 0 Å². The van der Waals surface area contributed by atoms with Crippen LogP contribution in [-0.2, 0) is 19.4 Å². The topological polar surface area (TPSA) is 6.48 Å². The molecule has 0 amide bonds. The predicted molar refractivity (Wildman–Crippen MR) is 144 cm³/mol. The normalized spacial score (nSPS) is 16.0. The van der Waals surface area contributed by atoms with Gasteiger partial charge in [-0.15, -0.1) is 6.42 Å². The van der Waals surface area contributed by atoms with Crippen molar-refractivity contribution in [2.75, 3.05) is 29.4 Å². The molecule has 3 aromatic rings. The molecular weight excluding hydrogens is 412 g/mol. The quantitative estimate of drug-likeness (QED) is 0.411. The largest absolute Gasteiger partial charge is 0.367 e. The number of nitrogens with zero attached hydrogens (tertiary/aromatic N) is 2. The number of hydrogen-bond donors (Lipinski definition) is 0. The van der Waals surface area contributed by atoms with Gasteiger partial charge in [-0.3, -0.25) is 0 Å². The van der Waals surface area contributed by atoms with Gasteiger partial charge in [0.25, 0.3) is 0 Å². The average Bonchev–Trinajstić information content (AvgIpc) is 2.89. The summed E-state index contributed by atoms with van der Waals surface area (Å²) in [5, 5.41) is 0. The molecule has 34 heavy (non-hydrogen) atoms. The third-order valence-corrected chi connectivity index (χ3v) is 7.02. The van der Waals surface area contributed by atoms with E-state index in [4.69, 9.17) is 6.42 Å². The van der Waals surface area contributed by atoms with Crippen LogP contribution in [0.4, 0.5) is 11.4 Å². The zero-order valence-corrected chi connectivity index (χ0v) is 20.0. The number of benzene rings is 3. The Hall–Kier alpha value is -3.70. The van der Waals surface area contributed by atoms with E-state index >= 15 is 0 Å². The molecule has 2 heteroatoms. The first kappa shape index (κ1) is 22.1.